The lowest BCUT2D eigenvalue weighted by molar-refractivity contribution is -0.161. The lowest BCUT2D eigenvalue weighted by Gasteiger charge is -2.19. The van der Waals surface area contributed by atoms with Crippen molar-refractivity contribution in [1.29, 1.82) is 0 Å². The molecular formula is C35H66NO8P. The summed E-state index contributed by atoms with van der Waals surface area (Å²) in [5, 5.41) is 0. The van der Waals surface area contributed by atoms with Crippen LogP contribution >= 0.6 is 7.82 Å². The van der Waals surface area contributed by atoms with E-state index in [9.17, 15) is 19.0 Å². The summed E-state index contributed by atoms with van der Waals surface area (Å²) in [7, 11) is -4.36. The minimum absolute atomic E-state index is 0.0525. The average molecular weight is 660 g/mol. The number of carbonyl (C=O) groups is 2. The van der Waals surface area contributed by atoms with Gasteiger partial charge in [0.2, 0.25) is 0 Å². The third-order valence-electron chi connectivity index (χ3n) is 7.34. The maximum absolute atomic E-state index is 12.4. The molecule has 0 saturated carbocycles. The third-order valence-corrected chi connectivity index (χ3v) is 8.32. The first kappa shape index (κ1) is 43.5. The molecule has 0 radical (unpaired) electrons. The zero-order chi connectivity index (χ0) is 33.3. The lowest BCUT2D eigenvalue weighted by Crippen LogP contribution is -2.29. The van der Waals surface area contributed by atoms with Gasteiger partial charge in [-0.25, -0.2) is 4.57 Å². The van der Waals surface area contributed by atoms with Crippen molar-refractivity contribution in [2.45, 2.75) is 161 Å². The number of hydrogen-bond acceptors (Lipinski definition) is 8. The fourth-order valence-electron chi connectivity index (χ4n) is 4.65. The van der Waals surface area contributed by atoms with Crippen LogP contribution in [0.25, 0.3) is 0 Å². The standard InChI is InChI=1S/C35H66NO8P/c1-3-5-7-9-11-13-15-16-17-18-20-21-23-25-27-34(37)41-31-33(32-43-45(39,40)42-30-29-36)44-35(38)28-26-24-22-19-14-12-10-8-6-4-2/h9,11,15-16,33H,3-8,10,12-14,17-32,36H2,1-2H3,(H,39,40)/b11-9+,16-15+/t33-/m0/s1. The average Bonchev–Trinajstić information content (AvgIpc) is 3.02. The number of hydrogen-bond donors (Lipinski definition) is 2. The van der Waals surface area contributed by atoms with Gasteiger partial charge in [-0.3, -0.25) is 18.6 Å². The van der Waals surface area contributed by atoms with Gasteiger partial charge >= 0.3 is 19.8 Å². The van der Waals surface area contributed by atoms with Crippen molar-refractivity contribution in [1.82, 2.24) is 0 Å². The largest absolute Gasteiger partial charge is 0.472 e. The number of phosphoric ester groups is 1. The Morgan fingerprint density at radius 2 is 1.18 bits per heavy atom. The number of ether oxygens (including phenoxy) is 2. The van der Waals surface area contributed by atoms with Crippen LogP contribution in [0.5, 0.6) is 0 Å². The van der Waals surface area contributed by atoms with Gasteiger partial charge in [0.05, 0.1) is 13.2 Å². The molecule has 264 valence electrons. The van der Waals surface area contributed by atoms with Crippen LogP contribution in [-0.4, -0.2) is 49.3 Å². The van der Waals surface area contributed by atoms with Crippen molar-refractivity contribution >= 4 is 19.8 Å². The minimum atomic E-state index is -4.36. The van der Waals surface area contributed by atoms with Crippen LogP contribution in [0, 0.1) is 0 Å². The van der Waals surface area contributed by atoms with E-state index in [0.29, 0.717) is 6.42 Å². The van der Waals surface area contributed by atoms with Gasteiger partial charge in [-0.05, 0) is 38.5 Å². The zero-order valence-corrected chi connectivity index (χ0v) is 29.5. The van der Waals surface area contributed by atoms with E-state index < -0.39 is 32.5 Å². The quantitative estimate of drug-likeness (QED) is 0.0306. The minimum Gasteiger partial charge on any atom is -0.462 e. The monoisotopic (exact) mass is 659 g/mol. The zero-order valence-electron chi connectivity index (χ0n) is 28.6. The molecule has 0 bridgehead atoms. The SMILES string of the molecule is CCCC/C=C/C/C=C/CCCCCCCC(=O)OC[C@@H](COP(=O)(O)OCCN)OC(=O)CCCCCCCCCCCC. The Balaban J connectivity index is 4.27. The number of allylic oxidation sites excluding steroid dienone is 4. The molecule has 0 aromatic carbocycles. The van der Waals surface area contributed by atoms with Crippen molar-refractivity contribution < 1.29 is 37.6 Å². The van der Waals surface area contributed by atoms with Crippen molar-refractivity contribution in [2.24, 2.45) is 5.73 Å². The van der Waals surface area contributed by atoms with Crippen LogP contribution in [-0.2, 0) is 32.7 Å². The van der Waals surface area contributed by atoms with Crippen molar-refractivity contribution in [3.8, 4) is 0 Å². The van der Waals surface area contributed by atoms with Crippen molar-refractivity contribution in [3.63, 3.8) is 0 Å². The van der Waals surface area contributed by atoms with Crippen LogP contribution in [0.4, 0.5) is 0 Å². The molecule has 0 rings (SSSR count). The summed E-state index contributed by atoms with van der Waals surface area (Å²) in [4.78, 5) is 34.6. The number of carbonyl (C=O) groups excluding carboxylic acids is 2. The van der Waals surface area contributed by atoms with E-state index in [2.05, 4.69) is 38.2 Å². The second-order valence-electron chi connectivity index (χ2n) is 11.7. The summed E-state index contributed by atoms with van der Waals surface area (Å²) in [5.74, 6) is -0.847. The van der Waals surface area contributed by atoms with Crippen LogP contribution in [0.15, 0.2) is 24.3 Å². The summed E-state index contributed by atoms with van der Waals surface area (Å²) in [6.07, 6.45) is 30.6. The Kier molecular flexibility index (Phi) is 31.3. The molecule has 0 heterocycles. The first-order valence-corrected chi connectivity index (χ1v) is 19.3. The van der Waals surface area contributed by atoms with Gasteiger partial charge in [-0.15, -0.1) is 0 Å². The van der Waals surface area contributed by atoms with E-state index in [1.807, 2.05) is 0 Å². The third kappa shape index (κ3) is 32.2. The lowest BCUT2D eigenvalue weighted by atomic mass is 10.1. The number of rotatable bonds is 33. The van der Waals surface area contributed by atoms with E-state index in [1.54, 1.807) is 0 Å². The highest BCUT2D eigenvalue weighted by molar-refractivity contribution is 7.47. The van der Waals surface area contributed by atoms with E-state index in [-0.39, 0.29) is 32.6 Å². The van der Waals surface area contributed by atoms with Crippen molar-refractivity contribution in [3.05, 3.63) is 24.3 Å². The molecule has 0 saturated heterocycles. The molecule has 0 aliphatic carbocycles. The molecule has 2 atom stereocenters. The Labute approximate surface area is 274 Å². The second kappa shape index (κ2) is 32.4. The predicted molar refractivity (Wildman–Crippen MR) is 183 cm³/mol. The highest BCUT2D eigenvalue weighted by atomic mass is 31.2. The highest BCUT2D eigenvalue weighted by Crippen LogP contribution is 2.43. The fraction of sp³-hybridized carbons (Fsp3) is 0.829. The first-order valence-electron chi connectivity index (χ1n) is 17.8. The van der Waals surface area contributed by atoms with Gasteiger partial charge < -0.3 is 20.1 Å². The van der Waals surface area contributed by atoms with E-state index in [1.165, 1.54) is 51.4 Å². The Bertz CT molecular complexity index is 805. The maximum Gasteiger partial charge on any atom is 0.472 e. The number of esters is 2. The maximum atomic E-state index is 12.4. The molecule has 0 aliphatic heterocycles. The number of unbranched alkanes of at least 4 members (excludes halogenated alkanes) is 16. The van der Waals surface area contributed by atoms with E-state index in [0.717, 1.165) is 70.6 Å². The summed E-state index contributed by atoms with van der Waals surface area (Å²) in [6, 6.07) is 0. The van der Waals surface area contributed by atoms with Crippen LogP contribution < -0.4 is 5.73 Å². The Morgan fingerprint density at radius 3 is 1.76 bits per heavy atom. The van der Waals surface area contributed by atoms with Gasteiger partial charge in [0.25, 0.3) is 0 Å². The summed E-state index contributed by atoms with van der Waals surface area (Å²) in [6.45, 7) is 3.64. The molecule has 0 aromatic rings. The van der Waals surface area contributed by atoms with Gasteiger partial charge in [0.1, 0.15) is 6.61 Å². The molecule has 0 fully saturated rings. The first-order chi connectivity index (χ1) is 21.8. The van der Waals surface area contributed by atoms with Gasteiger partial charge in [0.15, 0.2) is 6.10 Å². The van der Waals surface area contributed by atoms with Gasteiger partial charge in [-0.1, -0.05) is 128 Å². The predicted octanol–water partition coefficient (Wildman–Crippen LogP) is 9.27. The molecule has 3 N–H and O–H groups in total. The fourth-order valence-corrected chi connectivity index (χ4v) is 5.41. The Hall–Kier alpha value is -1.51. The molecule has 10 heteroatoms. The molecule has 0 aliphatic rings. The molecule has 9 nitrogen and oxygen atoms in total. The molecule has 45 heavy (non-hydrogen) atoms. The van der Waals surface area contributed by atoms with Gasteiger partial charge in [0, 0.05) is 19.4 Å². The van der Waals surface area contributed by atoms with Crippen molar-refractivity contribution in [2.75, 3.05) is 26.4 Å². The number of phosphoric acid groups is 1. The highest BCUT2D eigenvalue weighted by Gasteiger charge is 2.25. The Morgan fingerprint density at radius 1 is 0.667 bits per heavy atom. The molecule has 0 aromatic heterocycles. The van der Waals surface area contributed by atoms with Crippen LogP contribution in [0.2, 0.25) is 0 Å². The summed E-state index contributed by atoms with van der Waals surface area (Å²) in [5.41, 5.74) is 5.32. The van der Waals surface area contributed by atoms with E-state index >= 15 is 0 Å². The number of nitrogens with two attached hydrogens (primary N) is 1. The molecule has 0 amide bonds. The second-order valence-corrected chi connectivity index (χ2v) is 13.2. The van der Waals surface area contributed by atoms with Crippen LogP contribution in [0.3, 0.4) is 0 Å². The van der Waals surface area contributed by atoms with E-state index in [4.69, 9.17) is 24.3 Å². The summed E-state index contributed by atoms with van der Waals surface area (Å²) >= 11 is 0. The van der Waals surface area contributed by atoms with Crippen LogP contribution in [0.1, 0.15) is 155 Å². The van der Waals surface area contributed by atoms with Gasteiger partial charge in [-0.2, -0.15) is 0 Å². The topological polar surface area (TPSA) is 134 Å². The smallest absolute Gasteiger partial charge is 0.462 e. The molecular weight excluding hydrogens is 593 g/mol. The normalized spacial score (nSPS) is 13.8. The molecule has 0 spiro atoms. The summed E-state index contributed by atoms with van der Waals surface area (Å²) < 4.78 is 32.5. The molecule has 1 unspecified atom stereocenters.